The molecule has 0 unspecified atom stereocenters. The molecule has 0 radical (unpaired) electrons. The largest absolute Gasteiger partial charge is 0.459 e. The van der Waals surface area contributed by atoms with Crippen LogP contribution in [0.4, 0.5) is 0 Å². The fraction of sp³-hybridized carbons (Fsp3) is 0.143. The quantitative estimate of drug-likeness (QED) is 0.675. The SMILES string of the molecule is O=C(Cn1nnc(-c2ccsc2)n1)OCc1ccccc1. The van der Waals surface area contributed by atoms with Crippen LogP contribution in [-0.2, 0) is 22.7 Å². The number of benzene rings is 1. The number of rotatable bonds is 5. The highest BCUT2D eigenvalue weighted by molar-refractivity contribution is 7.08. The minimum atomic E-state index is -0.395. The van der Waals surface area contributed by atoms with Crippen molar-refractivity contribution in [1.29, 1.82) is 0 Å². The Labute approximate surface area is 125 Å². The van der Waals surface area contributed by atoms with Gasteiger partial charge in [0.25, 0.3) is 0 Å². The Balaban J connectivity index is 1.55. The molecule has 21 heavy (non-hydrogen) atoms. The molecular weight excluding hydrogens is 288 g/mol. The highest BCUT2D eigenvalue weighted by Crippen LogP contribution is 2.16. The van der Waals surface area contributed by atoms with E-state index in [9.17, 15) is 4.79 Å². The molecule has 106 valence electrons. The predicted octanol–water partition coefficient (Wildman–Crippen LogP) is 2.15. The zero-order valence-corrected chi connectivity index (χ0v) is 11.9. The van der Waals surface area contributed by atoms with Crippen molar-refractivity contribution in [2.24, 2.45) is 0 Å². The standard InChI is InChI=1S/C14H12N4O2S/c19-13(20-9-11-4-2-1-3-5-11)8-18-16-14(15-17-18)12-6-7-21-10-12/h1-7,10H,8-9H2. The van der Waals surface area contributed by atoms with E-state index in [2.05, 4.69) is 15.4 Å². The molecule has 6 nitrogen and oxygen atoms in total. The number of carbonyl (C=O) groups is 1. The van der Waals surface area contributed by atoms with Crippen LogP contribution in [0.25, 0.3) is 11.4 Å². The van der Waals surface area contributed by atoms with Crippen molar-refractivity contribution < 1.29 is 9.53 Å². The fourth-order valence-corrected chi connectivity index (χ4v) is 2.35. The lowest BCUT2D eigenvalue weighted by atomic mass is 10.2. The van der Waals surface area contributed by atoms with Crippen LogP contribution in [0.3, 0.4) is 0 Å². The van der Waals surface area contributed by atoms with Gasteiger partial charge in [-0.1, -0.05) is 30.3 Å². The zero-order chi connectivity index (χ0) is 14.5. The van der Waals surface area contributed by atoms with Gasteiger partial charge < -0.3 is 4.74 Å². The number of tetrazole rings is 1. The average Bonchev–Trinajstić information content (AvgIpc) is 3.17. The summed E-state index contributed by atoms with van der Waals surface area (Å²) < 4.78 is 5.17. The van der Waals surface area contributed by atoms with Crippen molar-refractivity contribution in [3.05, 3.63) is 52.7 Å². The van der Waals surface area contributed by atoms with Crippen molar-refractivity contribution in [1.82, 2.24) is 20.2 Å². The molecule has 0 aliphatic heterocycles. The number of thiophene rings is 1. The molecule has 2 heterocycles. The number of nitrogens with zero attached hydrogens (tertiary/aromatic N) is 4. The Hall–Kier alpha value is -2.54. The smallest absolute Gasteiger partial charge is 0.330 e. The molecule has 0 N–H and O–H groups in total. The lowest BCUT2D eigenvalue weighted by molar-refractivity contribution is -0.146. The molecule has 0 amide bonds. The second-order valence-electron chi connectivity index (χ2n) is 4.30. The van der Waals surface area contributed by atoms with Crippen molar-refractivity contribution >= 4 is 17.3 Å². The second kappa shape index (κ2) is 6.27. The maximum Gasteiger partial charge on any atom is 0.330 e. The van der Waals surface area contributed by atoms with Gasteiger partial charge in [-0.2, -0.15) is 16.1 Å². The van der Waals surface area contributed by atoms with E-state index < -0.39 is 5.97 Å². The summed E-state index contributed by atoms with van der Waals surface area (Å²) in [6, 6.07) is 11.4. The van der Waals surface area contributed by atoms with Gasteiger partial charge in [0.2, 0.25) is 5.82 Å². The topological polar surface area (TPSA) is 69.9 Å². The third kappa shape index (κ3) is 3.51. The minimum Gasteiger partial charge on any atom is -0.459 e. The Morgan fingerprint density at radius 3 is 2.86 bits per heavy atom. The summed E-state index contributed by atoms with van der Waals surface area (Å²) in [5, 5.41) is 15.8. The van der Waals surface area contributed by atoms with Crippen molar-refractivity contribution in [3.63, 3.8) is 0 Å². The average molecular weight is 300 g/mol. The molecule has 0 bridgehead atoms. The first-order valence-electron chi connectivity index (χ1n) is 6.31. The normalized spacial score (nSPS) is 10.5. The van der Waals surface area contributed by atoms with Crippen LogP contribution in [0.1, 0.15) is 5.56 Å². The summed E-state index contributed by atoms with van der Waals surface area (Å²) in [5.41, 5.74) is 1.83. The number of hydrogen-bond donors (Lipinski definition) is 0. The molecule has 0 aliphatic carbocycles. The number of ether oxygens (including phenoxy) is 1. The maximum atomic E-state index is 11.7. The molecule has 2 aromatic heterocycles. The Morgan fingerprint density at radius 2 is 2.10 bits per heavy atom. The van der Waals surface area contributed by atoms with E-state index in [4.69, 9.17) is 4.74 Å². The minimum absolute atomic E-state index is 0.0516. The van der Waals surface area contributed by atoms with E-state index in [0.29, 0.717) is 5.82 Å². The van der Waals surface area contributed by atoms with E-state index in [1.165, 1.54) is 4.80 Å². The number of hydrogen-bond acceptors (Lipinski definition) is 6. The van der Waals surface area contributed by atoms with E-state index in [-0.39, 0.29) is 13.2 Å². The van der Waals surface area contributed by atoms with E-state index in [1.54, 1.807) is 11.3 Å². The molecule has 7 heteroatoms. The molecule has 3 rings (SSSR count). The first-order valence-corrected chi connectivity index (χ1v) is 7.25. The summed E-state index contributed by atoms with van der Waals surface area (Å²) in [6.45, 7) is 0.190. The van der Waals surface area contributed by atoms with Crippen molar-refractivity contribution in [3.8, 4) is 11.4 Å². The van der Waals surface area contributed by atoms with Crippen molar-refractivity contribution in [2.45, 2.75) is 13.2 Å². The molecule has 0 saturated carbocycles. The van der Waals surface area contributed by atoms with Gasteiger partial charge in [0.1, 0.15) is 6.61 Å². The Morgan fingerprint density at radius 1 is 1.24 bits per heavy atom. The Bertz CT molecular complexity index is 710. The molecule has 0 fully saturated rings. The summed E-state index contributed by atoms with van der Waals surface area (Å²) >= 11 is 1.55. The lowest BCUT2D eigenvalue weighted by Gasteiger charge is -2.03. The van der Waals surface area contributed by atoms with Gasteiger partial charge in [-0.15, -0.1) is 10.2 Å². The van der Waals surface area contributed by atoms with Gasteiger partial charge in [0, 0.05) is 10.9 Å². The molecule has 0 spiro atoms. The van der Waals surface area contributed by atoms with Gasteiger partial charge >= 0.3 is 5.97 Å². The van der Waals surface area contributed by atoms with Crippen LogP contribution < -0.4 is 0 Å². The fourth-order valence-electron chi connectivity index (χ4n) is 1.72. The third-order valence-electron chi connectivity index (χ3n) is 2.75. The van der Waals surface area contributed by atoms with E-state index in [0.717, 1.165) is 11.1 Å². The van der Waals surface area contributed by atoms with Gasteiger partial charge in [-0.3, -0.25) is 0 Å². The molecule has 0 atom stereocenters. The van der Waals surface area contributed by atoms with E-state index >= 15 is 0 Å². The van der Waals surface area contributed by atoms with E-state index in [1.807, 2.05) is 47.2 Å². The van der Waals surface area contributed by atoms with Gasteiger partial charge in [-0.25, -0.2) is 4.79 Å². The second-order valence-corrected chi connectivity index (χ2v) is 5.08. The van der Waals surface area contributed by atoms with Crippen LogP contribution in [-0.4, -0.2) is 26.2 Å². The highest BCUT2D eigenvalue weighted by Gasteiger charge is 2.10. The number of aromatic nitrogens is 4. The van der Waals surface area contributed by atoms with Crippen LogP contribution in [0.5, 0.6) is 0 Å². The Kier molecular flexibility index (Phi) is 4.02. The highest BCUT2D eigenvalue weighted by atomic mass is 32.1. The molecule has 1 aromatic carbocycles. The third-order valence-corrected chi connectivity index (χ3v) is 3.43. The van der Waals surface area contributed by atoms with Crippen LogP contribution in [0, 0.1) is 0 Å². The zero-order valence-electron chi connectivity index (χ0n) is 11.0. The monoisotopic (exact) mass is 300 g/mol. The van der Waals surface area contributed by atoms with Gasteiger partial charge in [0.05, 0.1) is 0 Å². The number of esters is 1. The summed E-state index contributed by atoms with van der Waals surface area (Å²) in [4.78, 5) is 13.0. The number of carbonyl (C=O) groups excluding carboxylic acids is 1. The van der Waals surface area contributed by atoms with Crippen LogP contribution in [0.2, 0.25) is 0 Å². The molecule has 3 aromatic rings. The summed E-state index contributed by atoms with van der Waals surface area (Å²) in [5.74, 6) is 0.111. The van der Waals surface area contributed by atoms with Crippen LogP contribution >= 0.6 is 11.3 Å². The molecular formula is C14H12N4O2S. The summed E-state index contributed by atoms with van der Waals surface area (Å²) in [6.07, 6.45) is 0. The summed E-state index contributed by atoms with van der Waals surface area (Å²) in [7, 11) is 0. The van der Waals surface area contributed by atoms with Crippen LogP contribution in [0.15, 0.2) is 47.2 Å². The van der Waals surface area contributed by atoms with Gasteiger partial charge in [-0.05, 0) is 22.2 Å². The van der Waals surface area contributed by atoms with Crippen molar-refractivity contribution in [2.75, 3.05) is 0 Å². The molecule has 0 aliphatic rings. The molecule has 0 saturated heterocycles. The maximum absolute atomic E-state index is 11.7. The van der Waals surface area contributed by atoms with Gasteiger partial charge in [0.15, 0.2) is 6.54 Å². The predicted molar refractivity (Wildman–Crippen MR) is 77.4 cm³/mol. The first kappa shape index (κ1) is 13.4. The lowest BCUT2D eigenvalue weighted by Crippen LogP contribution is -2.15. The first-order chi connectivity index (χ1) is 10.3.